The normalized spacial score (nSPS) is 25.6. The van der Waals surface area contributed by atoms with Crippen molar-refractivity contribution in [2.45, 2.75) is 55.7 Å². The minimum absolute atomic E-state index is 0.183. The van der Waals surface area contributed by atoms with E-state index < -0.39 is 10.0 Å². The van der Waals surface area contributed by atoms with Crippen LogP contribution in [0.3, 0.4) is 0 Å². The number of hydrogen-bond donors (Lipinski definition) is 0. The number of sulfonamides is 1. The molecule has 0 amide bonds. The molecule has 7 heteroatoms. The van der Waals surface area contributed by atoms with E-state index in [4.69, 9.17) is 11.6 Å². The number of thiazole rings is 1. The van der Waals surface area contributed by atoms with E-state index in [1.165, 1.54) is 25.7 Å². The summed E-state index contributed by atoms with van der Waals surface area (Å²) in [6, 6.07) is 0.183. The Morgan fingerprint density at radius 3 is 2.55 bits per heavy atom. The van der Waals surface area contributed by atoms with Crippen LogP contribution in [0.2, 0.25) is 4.47 Å². The van der Waals surface area contributed by atoms with Gasteiger partial charge in [-0.2, -0.15) is 4.31 Å². The Hall–Kier alpha value is -0.170. The predicted molar refractivity (Wildman–Crippen MR) is 80.7 cm³/mol. The molecule has 3 rings (SSSR count). The lowest BCUT2D eigenvalue weighted by Gasteiger charge is -2.28. The summed E-state index contributed by atoms with van der Waals surface area (Å²) in [5, 5.41) is 0. The van der Waals surface area contributed by atoms with Gasteiger partial charge in [0.25, 0.3) is 10.0 Å². The summed E-state index contributed by atoms with van der Waals surface area (Å²) in [6.07, 6.45) is 6.76. The molecule has 1 saturated carbocycles. The largest absolute Gasteiger partial charge is 0.254 e. The van der Waals surface area contributed by atoms with E-state index in [2.05, 4.69) is 4.98 Å². The van der Waals surface area contributed by atoms with Gasteiger partial charge >= 0.3 is 0 Å². The van der Waals surface area contributed by atoms with E-state index in [9.17, 15) is 8.42 Å². The summed E-state index contributed by atoms with van der Waals surface area (Å²) in [5.74, 6) is 0.538. The Labute approximate surface area is 129 Å². The maximum atomic E-state index is 12.9. The van der Waals surface area contributed by atoms with Gasteiger partial charge in [-0.25, -0.2) is 13.4 Å². The molecule has 1 unspecified atom stereocenters. The Bertz CT molecular complexity index is 594. The van der Waals surface area contributed by atoms with Crippen molar-refractivity contribution >= 4 is 33.0 Å². The minimum Gasteiger partial charge on any atom is -0.229 e. The Balaban J connectivity index is 1.91. The van der Waals surface area contributed by atoms with Crippen LogP contribution in [-0.4, -0.2) is 30.3 Å². The highest BCUT2D eigenvalue weighted by Crippen LogP contribution is 2.39. The van der Waals surface area contributed by atoms with Crippen LogP contribution in [0.15, 0.2) is 4.21 Å². The standard InChI is InChI=1S/C13H19ClN2O2S2/c1-9-12(19-13(14)15-9)20(17,18)16-8-4-7-11(16)10-5-2-3-6-10/h10-11H,2-8H2,1H3. The lowest BCUT2D eigenvalue weighted by Crippen LogP contribution is -2.39. The van der Waals surface area contributed by atoms with Crippen LogP contribution < -0.4 is 0 Å². The molecule has 20 heavy (non-hydrogen) atoms. The second-order valence-corrected chi connectivity index (χ2v) is 9.38. The third-order valence-electron chi connectivity index (χ3n) is 4.46. The van der Waals surface area contributed by atoms with Crippen LogP contribution in [0.25, 0.3) is 0 Å². The van der Waals surface area contributed by atoms with E-state index in [-0.39, 0.29) is 6.04 Å². The predicted octanol–water partition coefficient (Wildman–Crippen LogP) is 3.45. The summed E-state index contributed by atoms with van der Waals surface area (Å²) in [4.78, 5) is 4.05. The maximum absolute atomic E-state index is 12.9. The van der Waals surface area contributed by atoms with Gasteiger partial charge in [-0.15, -0.1) is 0 Å². The van der Waals surface area contributed by atoms with E-state index in [0.717, 1.165) is 24.2 Å². The Morgan fingerprint density at radius 2 is 1.95 bits per heavy atom. The van der Waals surface area contributed by atoms with Crippen LogP contribution in [0.4, 0.5) is 0 Å². The van der Waals surface area contributed by atoms with Crippen molar-refractivity contribution in [2.75, 3.05) is 6.54 Å². The Morgan fingerprint density at radius 1 is 1.25 bits per heavy atom. The molecule has 2 heterocycles. The third kappa shape index (κ3) is 2.51. The lowest BCUT2D eigenvalue weighted by molar-refractivity contribution is 0.288. The van der Waals surface area contributed by atoms with Gasteiger partial charge in [-0.3, -0.25) is 0 Å². The molecule has 2 aliphatic rings. The maximum Gasteiger partial charge on any atom is 0.254 e. The summed E-state index contributed by atoms with van der Waals surface area (Å²) in [6.45, 7) is 2.36. The molecule has 0 aromatic carbocycles. The summed E-state index contributed by atoms with van der Waals surface area (Å²) in [5.41, 5.74) is 0.525. The molecular formula is C13H19ClN2O2S2. The number of nitrogens with zero attached hydrogens (tertiary/aromatic N) is 2. The van der Waals surface area contributed by atoms with Gasteiger partial charge in [-0.05, 0) is 38.5 Å². The number of halogens is 1. The zero-order valence-corrected chi connectivity index (χ0v) is 13.9. The van der Waals surface area contributed by atoms with E-state index in [1.807, 2.05) is 0 Å². The molecule has 1 aliphatic heterocycles. The zero-order chi connectivity index (χ0) is 14.3. The smallest absolute Gasteiger partial charge is 0.229 e. The SMILES string of the molecule is Cc1nc(Cl)sc1S(=O)(=O)N1CCCC1C1CCCC1. The highest BCUT2D eigenvalue weighted by atomic mass is 35.5. The van der Waals surface area contributed by atoms with Gasteiger partial charge in [0, 0.05) is 12.6 Å². The fraction of sp³-hybridized carbons (Fsp3) is 0.769. The van der Waals surface area contributed by atoms with E-state index in [0.29, 0.717) is 26.8 Å². The molecule has 1 aromatic heterocycles. The van der Waals surface area contributed by atoms with Crippen molar-refractivity contribution in [1.82, 2.24) is 9.29 Å². The first-order valence-corrected chi connectivity index (χ1v) is 9.78. The molecule has 4 nitrogen and oxygen atoms in total. The van der Waals surface area contributed by atoms with Crippen molar-refractivity contribution in [3.05, 3.63) is 10.2 Å². The first-order chi connectivity index (χ1) is 9.50. The van der Waals surface area contributed by atoms with Gasteiger partial charge in [-0.1, -0.05) is 35.8 Å². The molecule has 0 bridgehead atoms. The highest BCUT2D eigenvalue weighted by molar-refractivity contribution is 7.91. The van der Waals surface area contributed by atoms with Crippen molar-refractivity contribution in [2.24, 2.45) is 5.92 Å². The van der Waals surface area contributed by atoms with E-state index >= 15 is 0 Å². The van der Waals surface area contributed by atoms with Crippen LogP contribution in [0.5, 0.6) is 0 Å². The van der Waals surface area contributed by atoms with E-state index in [1.54, 1.807) is 11.2 Å². The summed E-state index contributed by atoms with van der Waals surface area (Å²) >= 11 is 6.94. The minimum atomic E-state index is -3.43. The van der Waals surface area contributed by atoms with Crippen LogP contribution in [0, 0.1) is 12.8 Å². The first-order valence-electron chi connectivity index (χ1n) is 7.15. The third-order valence-corrected chi connectivity index (χ3v) is 8.24. The lowest BCUT2D eigenvalue weighted by atomic mass is 9.97. The molecule has 1 saturated heterocycles. The summed E-state index contributed by atoms with van der Waals surface area (Å²) < 4.78 is 28.1. The van der Waals surface area contributed by atoms with Crippen LogP contribution in [0.1, 0.15) is 44.2 Å². The molecule has 112 valence electrons. The van der Waals surface area contributed by atoms with Crippen LogP contribution in [-0.2, 0) is 10.0 Å². The molecule has 0 radical (unpaired) electrons. The average molecular weight is 335 g/mol. The van der Waals surface area contributed by atoms with Gasteiger partial charge in [0.05, 0.1) is 5.69 Å². The number of aromatic nitrogens is 1. The molecule has 1 aliphatic carbocycles. The van der Waals surface area contributed by atoms with Gasteiger partial charge in [0.15, 0.2) is 8.68 Å². The average Bonchev–Trinajstić information content (AvgIpc) is 3.06. The topological polar surface area (TPSA) is 50.3 Å². The van der Waals surface area contributed by atoms with Crippen molar-refractivity contribution in [1.29, 1.82) is 0 Å². The molecule has 1 aromatic rings. The number of rotatable bonds is 3. The molecule has 2 fully saturated rings. The quantitative estimate of drug-likeness (QED) is 0.850. The van der Waals surface area contributed by atoms with Gasteiger partial charge < -0.3 is 0 Å². The zero-order valence-electron chi connectivity index (χ0n) is 11.5. The van der Waals surface area contributed by atoms with Gasteiger partial charge in [0.2, 0.25) is 0 Å². The summed E-state index contributed by atoms with van der Waals surface area (Å²) in [7, 11) is -3.43. The second-order valence-electron chi connectivity index (χ2n) is 5.71. The molecular weight excluding hydrogens is 316 g/mol. The van der Waals surface area contributed by atoms with Crippen molar-refractivity contribution < 1.29 is 8.42 Å². The van der Waals surface area contributed by atoms with Gasteiger partial charge in [0.1, 0.15) is 0 Å². The fourth-order valence-electron chi connectivity index (χ4n) is 3.57. The van der Waals surface area contributed by atoms with Crippen LogP contribution >= 0.6 is 22.9 Å². The number of aryl methyl sites for hydroxylation is 1. The number of hydrogen-bond acceptors (Lipinski definition) is 4. The van der Waals surface area contributed by atoms with Crippen molar-refractivity contribution in [3.63, 3.8) is 0 Å². The van der Waals surface area contributed by atoms with Crippen molar-refractivity contribution in [3.8, 4) is 0 Å². The second kappa shape index (κ2) is 5.55. The molecule has 0 N–H and O–H groups in total. The fourth-order valence-corrected chi connectivity index (χ4v) is 7.18. The molecule has 1 atom stereocenters. The first kappa shape index (κ1) is 14.8. The Kier molecular flexibility index (Phi) is 4.10. The highest BCUT2D eigenvalue weighted by Gasteiger charge is 2.41. The molecule has 0 spiro atoms. The monoisotopic (exact) mass is 334 g/mol.